The van der Waals surface area contributed by atoms with Crippen LogP contribution in [0.5, 0.6) is 0 Å². The highest BCUT2D eigenvalue weighted by Crippen LogP contribution is 2.41. The lowest BCUT2D eigenvalue weighted by molar-refractivity contribution is 0.0803. The van der Waals surface area contributed by atoms with Gasteiger partial charge in [0.15, 0.2) is 0 Å². The maximum Gasteiger partial charge on any atom is 0.0560 e. The van der Waals surface area contributed by atoms with E-state index < -0.39 is 0 Å². The van der Waals surface area contributed by atoms with Gasteiger partial charge in [0, 0.05) is 31.0 Å². The zero-order valence-corrected chi connectivity index (χ0v) is 12.2. The number of nitrogens with zero attached hydrogens (tertiary/aromatic N) is 1. The predicted octanol–water partition coefficient (Wildman–Crippen LogP) is 2.28. The van der Waals surface area contributed by atoms with Crippen LogP contribution in [0.3, 0.4) is 0 Å². The molecule has 2 aliphatic rings. The summed E-state index contributed by atoms with van der Waals surface area (Å²) >= 11 is 0. The number of rotatable bonds is 3. The summed E-state index contributed by atoms with van der Waals surface area (Å²) in [6.07, 6.45) is 0. The molecule has 2 aromatic carbocycles. The van der Waals surface area contributed by atoms with Crippen LogP contribution in [0.15, 0.2) is 42.5 Å². The standard InChI is InChI=1S/C18H21NO2/c20-12-18-11-19(9-17(18)10-21-13-18)8-14-5-6-15-3-1-2-4-16(15)7-14/h1-7,17,20H,8-13H2/t17-,18-/m0/s1. The molecule has 2 atom stereocenters. The van der Waals surface area contributed by atoms with Gasteiger partial charge in [0.05, 0.1) is 19.8 Å². The molecule has 0 aromatic heterocycles. The summed E-state index contributed by atoms with van der Waals surface area (Å²) in [6.45, 7) is 4.69. The molecule has 110 valence electrons. The molecule has 2 fully saturated rings. The molecule has 0 unspecified atom stereocenters. The molecule has 2 saturated heterocycles. The van der Waals surface area contributed by atoms with Crippen molar-refractivity contribution in [2.24, 2.45) is 11.3 Å². The van der Waals surface area contributed by atoms with Gasteiger partial charge in [-0.3, -0.25) is 4.90 Å². The summed E-state index contributed by atoms with van der Waals surface area (Å²) in [7, 11) is 0. The fourth-order valence-corrected chi connectivity index (χ4v) is 3.88. The third-order valence-corrected chi connectivity index (χ3v) is 5.13. The van der Waals surface area contributed by atoms with Crippen LogP contribution < -0.4 is 0 Å². The molecular formula is C18H21NO2. The number of hydrogen-bond acceptors (Lipinski definition) is 3. The maximum absolute atomic E-state index is 9.75. The molecule has 0 bridgehead atoms. The van der Waals surface area contributed by atoms with Crippen molar-refractivity contribution < 1.29 is 9.84 Å². The fraction of sp³-hybridized carbons (Fsp3) is 0.444. The Bertz CT molecular complexity index is 656. The molecular weight excluding hydrogens is 262 g/mol. The van der Waals surface area contributed by atoms with E-state index in [9.17, 15) is 5.11 Å². The zero-order valence-electron chi connectivity index (χ0n) is 12.2. The lowest BCUT2D eigenvalue weighted by Gasteiger charge is -2.24. The summed E-state index contributed by atoms with van der Waals surface area (Å²) in [5, 5.41) is 12.3. The number of aliphatic hydroxyl groups is 1. The largest absolute Gasteiger partial charge is 0.396 e. The Morgan fingerprint density at radius 1 is 1.19 bits per heavy atom. The third-order valence-electron chi connectivity index (χ3n) is 5.13. The van der Waals surface area contributed by atoms with Crippen LogP contribution in [-0.2, 0) is 11.3 Å². The molecule has 1 N–H and O–H groups in total. The summed E-state index contributed by atoms with van der Waals surface area (Å²) in [5.41, 5.74) is 1.33. The molecule has 3 heteroatoms. The van der Waals surface area contributed by atoms with E-state index in [-0.39, 0.29) is 12.0 Å². The van der Waals surface area contributed by atoms with Crippen molar-refractivity contribution in [1.82, 2.24) is 4.90 Å². The SMILES string of the molecule is OC[C@@]12COC[C@@H]1CN(Cc1ccc3ccccc3c1)C2. The second-order valence-corrected chi connectivity index (χ2v) is 6.58. The molecule has 4 rings (SSSR count). The molecule has 2 aromatic rings. The lowest BCUT2D eigenvalue weighted by Crippen LogP contribution is -2.34. The quantitative estimate of drug-likeness (QED) is 0.938. The minimum atomic E-state index is -0.0170. The van der Waals surface area contributed by atoms with Crippen molar-refractivity contribution in [3.05, 3.63) is 48.0 Å². The summed E-state index contributed by atoms with van der Waals surface area (Å²) in [4.78, 5) is 2.47. The molecule has 0 saturated carbocycles. The van der Waals surface area contributed by atoms with Gasteiger partial charge >= 0.3 is 0 Å². The van der Waals surface area contributed by atoms with E-state index in [1.54, 1.807) is 0 Å². The summed E-state index contributed by atoms with van der Waals surface area (Å²) < 4.78 is 5.58. The molecule has 21 heavy (non-hydrogen) atoms. The van der Waals surface area contributed by atoms with Gasteiger partial charge in [-0.1, -0.05) is 36.4 Å². The van der Waals surface area contributed by atoms with E-state index in [2.05, 4.69) is 47.4 Å². The Hall–Kier alpha value is -1.42. The van der Waals surface area contributed by atoms with Crippen molar-refractivity contribution in [1.29, 1.82) is 0 Å². The third kappa shape index (κ3) is 2.26. The number of hydrogen-bond donors (Lipinski definition) is 1. The first-order valence-electron chi connectivity index (χ1n) is 7.68. The topological polar surface area (TPSA) is 32.7 Å². The first-order valence-corrected chi connectivity index (χ1v) is 7.68. The number of ether oxygens (including phenoxy) is 1. The van der Waals surface area contributed by atoms with Crippen LogP contribution in [-0.4, -0.2) is 42.9 Å². The number of likely N-dealkylation sites (tertiary alicyclic amines) is 1. The van der Waals surface area contributed by atoms with Gasteiger partial charge in [-0.25, -0.2) is 0 Å². The smallest absolute Gasteiger partial charge is 0.0560 e. The molecule has 0 aliphatic carbocycles. The maximum atomic E-state index is 9.75. The van der Waals surface area contributed by atoms with Crippen molar-refractivity contribution in [2.75, 3.05) is 32.9 Å². The Labute approximate surface area is 125 Å². The van der Waals surface area contributed by atoms with E-state index >= 15 is 0 Å². The van der Waals surface area contributed by atoms with E-state index in [0.29, 0.717) is 12.5 Å². The van der Waals surface area contributed by atoms with Crippen molar-refractivity contribution in [2.45, 2.75) is 6.54 Å². The van der Waals surface area contributed by atoms with Crippen molar-refractivity contribution >= 4 is 10.8 Å². The van der Waals surface area contributed by atoms with Crippen LogP contribution in [0.1, 0.15) is 5.56 Å². The Morgan fingerprint density at radius 2 is 2.05 bits per heavy atom. The average Bonchev–Trinajstić information content (AvgIpc) is 3.04. The Morgan fingerprint density at radius 3 is 2.86 bits per heavy atom. The van der Waals surface area contributed by atoms with Crippen molar-refractivity contribution in [3.63, 3.8) is 0 Å². The van der Waals surface area contributed by atoms with E-state index in [4.69, 9.17) is 4.74 Å². The Balaban J connectivity index is 1.53. The van der Waals surface area contributed by atoms with Gasteiger partial charge in [-0.2, -0.15) is 0 Å². The highest BCUT2D eigenvalue weighted by atomic mass is 16.5. The number of benzene rings is 2. The first-order chi connectivity index (χ1) is 10.3. The molecule has 3 nitrogen and oxygen atoms in total. The molecule has 2 heterocycles. The average molecular weight is 283 g/mol. The lowest BCUT2D eigenvalue weighted by atomic mass is 9.82. The van der Waals surface area contributed by atoms with Gasteiger partial charge in [-0.15, -0.1) is 0 Å². The predicted molar refractivity (Wildman–Crippen MR) is 83.1 cm³/mol. The van der Waals surface area contributed by atoms with E-state index in [0.717, 1.165) is 26.2 Å². The van der Waals surface area contributed by atoms with Gasteiger partial charge in [0.2, 0.25) is 0 Å². The van der Waals surface area contributed by atoms with Gasteiger partial charge in [-0.05, 0) is 22.4 Å². The minimum Gasteiger partial charge on any atom is -0.396 e. The second kappa shape index (κ2) is 5.09. The van der Waals surface area contributed by atoms with Crippen LogP contribution in [0.4, 0.5) is 0 Å². The zero-order chi connectivity index (χ0) is 14.3. The van der Waals surface area contributed by atoms with E-state index in [1.165, 1.54) is 16.3 Å². The number of fused-ring (bicyclic) bond motifs is 2. The van der Waals surface area contributed by atoms with Crippen LogP contribution in [0.25, 0.3) is 10.8 Å². The highest BCUT2D eigenvalue weighted by Gasteiger charge is 2.49. The van der Waals surface area contributed by atoms with Crippen LogP contribution in [0.2, 0.25) is 0 Å². The van der Waals surface area contributed by atoms with Crippen LogP contribution >= 0.6 is 0 Å². The second-order valence-electron chi connectivity index (χ2n) is 6.58. The van der Waals surface area contributed by atoms with E-state index in [1.807, 2.05) is 0 Å². The summed E-state index contributed by atoms with van der Waals surface area (Å²) in [5.74, 6) is 0.489. The molecule has 0 radical (unpaired) electrons. The Kier molecular flexibility index (Phi) is 3.21. The fourth-order valence-electron chi connectivity index (χ4n) is 3.88. The molecule has 2 aliphatic heterocycles. The van der Waals surface area contributed by atoms with Gasteiger partial charge in [0.1, 0.15) is 0 Å². The number of aliphatic hydroxyl groups excluding tert-OH is 1. The highest BCUT2D eigenvalue weighted by molar-refractivity contribution is 5.82. The van der Waals surface area contributed by atoms with Gasteiger partial charge < -0.3 is 9.84 Å². The monoisotopic (exact) mass is 283 g/mol. The molecule has 0 amide bonds. The van der Waals surface area contributed by atoms with Crippen LogP contribution in [0, 0.1) is 11.3 Å². The minimum absolute atomic E-state index is 0.0170. The van der Waals surface area contributed by atoms with Gasteiger partial charge in [0.25, 0.3) is 0 Å². The normalized spacial score (nSPS) is 29.1. The first kappa shape index (κ1) is 13.3. The summed E-state index contributed by atoms with van der Waals surface area (Å²) in [6, 6.07) is 15.2. The molecule has 0 spiro atoms. The van der Waals surface area contributed by atoms with Crippen molar-refractivity contribution in [3.8, 4) is 0 Å².